The van der Waals surface area contributed by atoms with Crippen LogP contribution in [0.3, 0.4) is 0 Å². The van der Waals surface area contributed by atoms with Crippen LogP contribution in [0, 0.1) is 18.8 Å². The lowest BCUT2D eigenvalue weighted by Gasteiger charge is -2.35. The van der Waals surface area contributed by atoms with Gasteiger partial charge in [-0.1, -0.05) is 36.1 Å². The first-order chi connectivity index (χ1) is 19.6. The molecule has 0 bridgehead atoms. The van der Waals surface area contributed by atoms with Gasteiger partial charge in [-0.25, -0.2) is 4.98 Å². The molecule has 7 nitrogen and oxygen atoms in total. The first-order valence-electron chi connectivity index (χ1n) is 13.7. The Balaban J connectivity index is 1.32. The smallest absolute Gasteiger partial charge is 0.259 e. The van der Waals surface area contributed by atoms with Crippen LogP contribution in [0.15, 0.2) is 79.3 Å². The molecule has 1 aliphatic heterocycles. The Morgan fingerprint density at radius 1 is 1.07 bits per heavy atom. The Labute approximate surface area is 235 Å². The van der Waals surface area contributed by atoms with Crippen molar-refractivity contribution in [2.24, 2.45) is 0 Å². The van der Waals surface area contributed by atoms with Crippen LogP contribution in [-0.2, 0) is 11.3 Å². The number of pyridine rings is 2. The van der Waals surface area contributed by atoms with E-state index in [0.29, 0.717) is 30.8 Å². The highest BCUT2D eigenvalue weighted by atomic mass is 16.2. The van der Waals surface area contributed by atoms with Crippen LogP contribution in [0.5, 0.6) is 0 Å². The second kappa shape index (κ2) is 13.0. The molecule has 5 rings (SSSR count). The maximum atomic E-state index is 14.1. The lowest BCUT2D eigenvalue weighted by molar-refractivity contribution is -0.121. The zero-order valence-electron chi connectivity index (χ0n) is 22.7. The SMILES string of the molecule is Cc1cccc2ccnc(N(C(=O)c3cccc(C#CCCC(=O)NCc4ccncc4)c3)[C@@H]3CCCNC3)c12. The van der Waals surface area contributed by atoms with Gasteiger partial charge in [0.2, 0.25) is 5.91 Å². The fourth-order valence-electron chi connectivity index (χ4n) is 5.06. The quantitative estimate of drug-likeness (QED) is 0.335. The summed E-state index contributed by atoms with van der Waals surface area (Å²) in [6.45, 7) is 4.20. The summed E-state index contributed by atoms with van der Waals surface area (Å²) in [6, 6.07) is 19.3. The number of piperidine rings is 1. The monoisotopic (exact) mass is 531 g/mol. The molecule has 2 amide bonds. The Morgan fingerprint density at radius 3 is 2.75 bits per heavy atom. The summed E-state index contributed by atoms with van der Waals surface area (Å²) in [4.78, 5) is 36.9. The van der Waals surface area contributed by atoms with Crippen molar-refractivity contribution in [3.05, 3.63) is 102 Å². The van der Waals surface area contributed by atoms with Crippen molar-refractivity contribution in [2.45, 2.75) is 45.2 Å². The molecule has 202 valence electrons. The molecule has 0 unspecified atom stereocenters. The number of nitrogens with zero attached hydrogens (tertiary/aromatic N) is 3. The number of benzene rings is 2. The van der Waals surface area contributed by atoms with Crippen LogP contribution in [0.2, 0.25) is 0 Å². The van der Waals surface area contributed by atoms with Gasteiger partial charge in [-0.05, 0) is 79.2 Å². The molecule has 40 heavy (non-hydrogen) atoms. The highest BCUT2D eigenvalue weighted by Crippen LogP contribution is 2.31. The Kier molecular flexibility index (Phi) is 8.79. The lowest BCUT2D eigenvalue weighted by Crippen LogP contribution is -2.49. The number of rotatable bonds is 7. The van der Waals surface area contributed by atoms with Crippen molar-refractivity contribution >= 4 is 28.4 Å². The van der Waals surface area contributed by atoms with Crippen molar-refractivity contribution in [3.63, 3.8) is 0 Å². The van der Waals surface area contributed by atoms with Gasteiger partial charge in [0.15, 0.2) is 0 Å². The molecule has 4 aromatic rings. The van der Waals surface area contributed by atoms with Crippen LogP contribution < -0.4 is 15.5 Å². The predicted molar refractivity (Wildman–Crippen MR) is 158 cm³/mol. The number of nitrogens with one attached hydrogen (secondary N) is 2. The minimum absolute atomic E-state index is 0.000595. The van der Waals surface area contributed by atoms with E-state index in [1.54, 1.807) is 18.6 Å². The van der Waals surface area contributed by atoms with E-state index in [2.05, 4.69) is 46.5 Å². The molecule has 0 saturated carbocycles. The molecule has 1 atom stereocenters. The van der Waals surface area contributed by atoms with Gasteiger partial charge >= 0.3 is 0 Å². The fraction of sp³-hybridized carbons (Fsp3) is 0.273. The highest BCUT2D eigenvalue weighted by molar-refractivity contribution is 6.11. The largest absolute Gasteiger partial charge is 0.352 e. The summed E-state index contributed by atoms with van der Waals surface area (Å²) in [5, 5.41) is 8.42. The van der Waals surface area contributed by atoms with Gasteiger partial charge in [-0.3, -0.25) is 19.5 Å². The van der Waals surface area contributed by atoms with E-state index < -0.39 is 0 Å². The zero-order chi connectivity index (χ0) is 27.7. The molecule has 0 radical (unpaired) electrons. The summed E-state index contributed by atoms with van der Waals surface area (Å²) < 4.78 is 0. The molecule has 1 aliphatic rings. The summed E-state index contributed by atoms with van der Waals surface area (Å²) >= 11 is 0. The second-order valence-corrected chi connectivity index (χ2v) is 10.00. The van der Waals surface area contributed by atoms with Crippen molar-refractivity contribution in [2.75, 3.05) is 18.0 Å². The first kappa shape index (κ1) is 27.0. The van der Waals surface area contributed by atoms with E-state index in [4.69, 9.17) is 4.98 Å². The molecule has 0 aliphatic carbocycles. The van der Waals surface area contributed by atoms with Crippen molar-refractivity contribution < 1.29 is 9.59 Å². The normalized spacial score (nSPS) is 14.7. The van der Waals surface area contributed by atoms with Gasteiger partial charge in [0.25, 0.3) is 5.91 Å². The minimum Gasteiger partial charge on any atom is -0.352 e. The topological polar surface area (TPSA) is 87.2 Å². The summed E-state index contributed by atoms with van der Waals surface area (Å²) in [7, 11) is 0. The van der Waals surface area contributed by atoms with E-state index in [-0.39, 0.29) is 17.9 Å². The summed E-state index contributed by atoms with van der Waals surface area (Å²) in [5.74, 6) is 6.77. The van der Waals surface area contributed by atoms with E-state index in [1.807, 2.05) is 53.4 Å². The molecular formula is C33H33N5O2. The summed E-state index contributed by atoms with van der Waals surface area (Å²) in [5.41, 5.74) is 3.40. The number of fused-ring (bicyclic) bond motifs is 1. The molecule has 2 N–H and O–H groups in total. The number of carbonyl (C=O) groups is 2. The van der Waals surface area contributed by atoms with Gasteiger partial charge in [0.05, 0.1) is 6.04 Å². The standard InChI is InChI=1S/C33H33N5O2/c1-24-7-4-10-27-16-20-36-32(31(24)27)38(29-12-6-17-35-23-29)33(40)28-11-5-9-25(21-28)8-2-3-13-30(39)37-22-26-14-18-34-19-15-26/h4-5,7,9-11,14-16,18-21,29,35H,3,6,12-13,17,22-23H2,1H3,(H,37,39)/t29-/m1/s1. The van der Waals surface area contributed by atoms with E-state index in [1.165, 1.54) is 0 Å². The maximum absolute atomic E-state index is 14.1. The number of carbonyl (C=O) groups excluding carboxylic acids is 2. The third-order valence-electron chi connectivity index (χ3n) is 7.12. The number of aromatic nitrogens is 2. The Bertz CT molecular complexity index is 1550. The predicted octanol–water partition coefficient (Wildman–Crippen LogP) is 4.79. The van der Waals surface area contributed by atoms with Gasteiger partial charge in [0, 0.05) is 61.0 Å². The second-order valence-electron chi connectivity index (χ2n) is 10.00. The average molecular weight is 532 g/mol. The molecule has 0 spiro atoms. The number of hydrogen-bond acceptors (Lipinski definition) is 5. The number of anilines is 1. The first-order valence-corrected chi connectivity index (χ1v) is 13.7. The number of aryl methyl sites for hydroxylation is 1. The van der Waals surface area contributed by atoms with Crippen LogP contribution in [-0.4, -0.2) is 40.9 Å². The third kappa shape index (κ3) is 6.53. The van der Waals surface area contributed by atoms with Gasteiger partial charge in [0.1, 0.15) is 5.82 Å². The van der Waals surface area contributed by atoms with Crippen LogP contribution >= 0.6 is 0 Å². The van der Waals surface area contributed by atoms with Crippen molar-refractivity contribution in [1.29, 1.82) is 0 Å². The van der Waals surface area contributed by atoms with E-state index >= 15 is 0 Å². The van der Waals surface area contributed by atoms with Crippen LogP contribution in [0.4, 0.5) is 5.82 Å². The van der Waals surface area contributed by atoms with Gasteiger partial charge < -0.3 is 10.6 Å². The maximum Gasteiger partial charge on any atom is 0.259 e. The summed E-state index contributed by atoms with van der Waals surface area (Å²) in [6.07, 6.45) is 7.84. The minimum atomic E-state index is -0.0870. The van der Waals surface area contributed by atoms with Crippen LogP contribution in [0.1, 0.15) is 52.7 Å². The van der Waals surface area contributed by atoms with Crippen LogP contribution in [0.25, 0.3) is 10.8 Å². The molecule has 7 heteroatoms. The zero-order valence-corrected chi connectivity index (χ0v) is 22.7. The fourth-order valence-corrected chi connectivity index (χ4v) is 5.06. The molecule has 2 aromatic heterocycles. The Morgan fingerprint density at radius 2 is 1.93 bits per heavy atom. The Hall–Kier alpha value is -4.54. The highest BCUT2D eigenvalue weighted by Gasteiger charge is 2.30. The molecular weight excluding hydrogens is 498 g/mol. The van der Waals surface area contributed by atoms with Gasteiger partial charge in [-0.2, -0.15) is 0 Å². The molecule has 2 aromatic carbocycles. The molecule has 1 saturated heterocycles. The lowest BCUT2D eigenvalue weighted by atomic mass is 10.0. The average Bonchev–Trinajstić information content (AvgIpc) is 3.00. The van der Waals surface area contributed by atoms with Gasteiger partial charge in [-0.15, -0.1) is 0 Å². The van der Waals surface area contributed by atoms with Crippen molar-refractivity contribution in [3.8, 4) is 11.8 Å². The van der Waals surface area contributed by atoms with E-state index in [9.17, 15) is 9.59 Å². The molecule has 1 fully saturated rings. The van der Waals surface area contributed by atoms with Crippen molar-refractivity contribution in [1.82, 2.24) is 20.6 Å². The van der Waals surface area contributed by atoms with E-state index in [0.717, 1.165) is 53.4 Å². The third-order valence-corrected chi connectivity index (χ3v) is 7.12. The number of amides is 2. The molecule has 3 heterocycles. The number of hydrogen-bond donors (Lipinski definition) is 2.